The first-order chi connectivity index (χ1) is 52.3. The van der Waals surface area contributed by atoms with Crippen molar-refractivity contribution in [1.29, 1.82) is 0 Å². The Balaban J connectivity index is 1.77. The average molecular weight is 1480 g/mol. The second-order valence-electron chi connectivity index (χ2n) is 31.2. The molecule has 0 aliphatic heterocycles. The highest BCUT2D eigenvalue weighted by Crippen LogP contribution is 2.43. The van der Waals surface area contributed by atoms with E-state index in [-0.39, 0.29) is 25.2 Å². The molecular weight excluding hydrogens is 1310 g/mol. The van der Waals surface area contributed by atoms with Crippen molar-refractivity contribution < 1.29 is 38.0 Å². The Kier molecular flexibility index (Phi) is 64.3. The van der Waals surface area contributed by atoms with Crippen molar-refractivity contribution in [1.82, 2.24) is 10.6 Å². The number of carbonyl (C=O) groups is 2. The number of amides is 4. The van der Waals surface area contributed by atoms with Crippen LogP contribution in [0.4, 0.5) is 21.0 Å². The third kappa shape index (κ3) is 53.8. The van der Waals surface area contributed by atoms with Crippen molar-refractivity contribution in [2.75, 3.05) is 50.3 Å². The Hall–Kier alpha value is -5.00. The SMILES string of the molecule is CCCCCCCCCCCCOc1cc(NC(=O)NCc2cccc(CNC(=O)Nc3cc(OCCCCCCCCCCCC)c(OCCCCCCCCCCCC)c(OCCCCCCCCCCCC)c3)c2)cc(OCCCCCCCCCCCC)c1OCCCCCCCCCCCC. The Morgan fingerprint density at radius 1 is 0.236 bits per heavy atom. The van der Waals surface area contributed by atoms with Crippen LogP contribution in [0.5, 0.6) is 34.5 Å². The molecule has 0 unspecified atom stereocenters. The molecule has 12 nitrogen and oxygen atoms in total. The largest absolute Gasteiger partial charge is 0.489 e. The van der Waals surface area contributed by atoms with Gasteiger partial charge in [0.2, 0.25) is 11.5 Å². The summed E-state index contributed by atoms with van der Waals surface area (Å²) in [6.07, 6.45) is 75.2. The highest BCUT2D eigenvalue weighted by molar-refractivity contribution is 5.91. The number of unbranched alkanes of at least 4 members (excludes halogenated alkanes) is 54. The summed E-state index contributed by atoms with van der Waals surface area (Å²) in [5, 5.41) is 12.5. The Morgan fingerprint density at radius 2 is 0.415 bits per heavy atom. The average Bonchev–Trinajstić information content (AvgIpc) is 0.828. The molecule has 0 aliphatic carbocycles. The first-order valence-corrected chi connectivity index (χ1v) is 45.7. The number of anilines is 2. The summed E-state index contributed by atoms with van der Waals surface area (Å²) in [7, 11) is 0. The molecule has 610 valence electrons. The quantitative estimate of drug-likeness (QED) is 0.0410. The molecule has 0 fully saturated rings. The van der Waals surface area contributed by atoms with Gasteiger partial charge in [0.15, 0.2) is 23.0 Å². The fourth-order valence-electron chi connectivity index (χ4n) is 14.2. The normalized spacial score (nSPS) is 11.3. The van der Waals surface area contributed by atoms with Crippen LogP contribution in [0.1, 0.15) is 438 Å². The monoisotopic (exact) mass is 1480 g/mol. The van der Waals surface area contributed by atoms with E-state index in [0.717, 1.165) is 88.2 Å². The number of nitrogens with one attached hydrogen (secondary N) is 4. The molecule has 0 spiro atoms. The van der Waals surface area contributed by atoms with Gasteiger partial charge in [-0.1, -0.05) is 413 Å². The summed E-state index contributed by atoms with van der Waals surface area (Å²) in [6, 6.07) is 15.0. The zero-order valence-electron chi connectivity index (χ0n) is 70.0. The molecule has 4 amide bonds. The highest BCUT2D eigenvalue weighted by atomic mass is 16.5. The van der Waals surface area contributed by atoms with Crippen molar-refractivity contribution >= 4 is 23.4 Å². The molecular formula is C94H166N4O8. The maximum Gasteiger partial charge on any atom is 0.319 e. The van der Waals surface area contributed by atoms with E-state index in [4.69, 9.17) is 28.4 Å². The molecule has 3 aromatic rings. The fraction of sp³-hybridized carbons (Fsp3) is 0.787. The van der Waals surface area contributed by atoms with Gasteiger partial charge in [-0.05, 0) is 49.7 Å². The molecule has 3 rings (SSSR count). The van der Waals surface area contributed by atoms with Gasteiger partial charge < -0.3 is 49.7 Å². The van der Waals surface area contributed by atoms with Crippen LogP contribution in [0.15, 0.2) is 48.5 Å². The third-order valence-electron chi connectivity index (χ3n) is 21.0. The van der Waals surface area contributed by atoms with E-state index in [1.54, 1.807) is 0 Å². The molecule has 106 heavy (non-hydrogen) atoms. The lowest BCUT2D eigenvalue weighted by Gasteiger charge is -2.19. The molecule has 4 N–H and O–H groups in total. The molecule has 0 saturated heterocycles. The van der Waals surface area contributed by atoms with Gasteiger partial charge in [0.1, 0.15) is 0 Å². The minimum atomic E-state index is -0.336. The standard InChI is InChI=1S/C94H166N4O8/c1-7-13-19-25-31-37-43-49-55-61-70-101-87-77-85(78-88(102-71-62-56-50-44-38-32-26-20-14-8-2)91(87)105-74-65-59-53-47-41-35-29-23-17-11-5)97-93(99)95-81-83-68-67-69-84(76-83)82-96-94(100)98-86-79-89(103-72-63-57-51-45-39-33-27-21-15-9-3)92(106-75-66-60-54-48-42-36-30-24-18-12-6)90(80-86)104-73-64-58-52-46-40-34-28-22-16-10-4/h67-69,76-80H,7-66,70-75,81-82H2,1-6H3,(H2,95,97,99)(H2,96,98,100). The summed E-state index contributed by atoms with van der Waals surface area (Å²) in [6.45, 7) is 17.7. The minimum absolute atomic E-state index is 0.285. The molecule has 0 atom stereocenters. The van der Waals surface area contributed by atoms with Crippen LogP contribution in [-0.4, -0.2) is 51.7 Å². The second-order valence-corrected chi connectivity index (χ2v) is 31.2. The maximum absolute atomic E-state index is 14.0. The van der Waals surface area contributed by atoms with Crippen LogP contribution in [0.3, 0.4) is 0 Å². The zero-order valence-corrected chi connectivity index (χ0v) is 70.0. The summed E-state index contributed by atoms with van der Waals surface area (Å²) in [5.74, 6) is 3.74. The Labute approximate surface area is 652 Å². The lowest BCUT2D eigenvalue weighted by atomic mass is 10.1. The number of benzene rings is 3. The minimum Gasteiger partial charge on any atom is -0.489 e. The van der Waals surface area contributed by atoms with Crippen LogP contribution < -0.4 is 49.7 Å². The summed E-state index contributed by atoms with van der Waals surface area (Å²) in [4.78, 5) is 27.9. The predicted molar refractivity (Wildman–Crippen MR) is 455 cm³/mol. The lowest BCUT2D eigenvalue weighted by Crippen LogP contribution is -2.29. The topological polar surface area (TPSA) is 138 Å². The first kappa shape index (κ1) is 95.2. The van der Waals surface area contributed by atoms with Gasteiger partial charge in [-0.2, -0.15) is 0 Å². The van der Waals surface area contributed by atoms with Crippen LogP contribution in [-0.2, 0) is 13.1 Å². The van der Waals surface area contributed by atoms with E-state index in [1.807, 2.05) is 48.5 Å². The Morgan fingerprint density at radius 3 is 0.613 bits per heavy atom. The fourth-order valence-corrected chi connectivity index (χ4v) is 14.2. The summed E-state index contributed by atoms with van der Waals surface area (Å²) in [5.41, 5.74) is 3.01. The summed E-state index contributed by atoms with van der Waals surface area (Å²) < 4.78 is 40.0. The Bertz CT molecular complexity index is 2210. The van der Waals surface area contributed by atoms with Gasteiger partial charge in [0.25, 0.3) is 0 Å². The summed E-state index contributed by atoms with van der Waals surface area (Å²) >= 11 is 0. The number of ether oxygens (including phenoxy) is 6. The van der Waals surface area contributed by atoms with Gasteiger partial charge >= 0.3 is 12.1 Å². The third-order valence-corrected chi connectivity index (χ3v) is 21.0. The van der Waals surface area contributed by atoms with Gasteiger partial charge in [-0.3, -0.25) is 0 Å². The van der Waals surface area contributed by atoms with Crippen molar-refractivity contribution in [2.45, 2.75) is 440 Å². The molecule has 3 aromatic carbocycles. The van der Waals surface area contributed by atoms with Gasteiger partial charge in [-0.25, -0.2) is 9.59 Å². The van der Waals surface area contributed by atoms with Crippen LogP contribution in [0.2, 0.25) is 0 Å². The van der Waals surface area contributed by atoms with E-state index in [9.17, 15) is 9.59 Å². The van der Waals surface area contributed by atoms with Gasteiger partial charge in [0.05, 0.1) is 51.0 Å². The van der Waals surface area contributed by atoms with E-state index in [2.05, 4.69) is 62.8 Å². The van der Waals surface area contributed by atoms with Crippen LogP contribution in [0.25, 0.3) is 0 Å². The molecule has 0 aliphatic rings. The second kappa shape index (κ2) is 71.6. The maximum atomic E-state index is 14.0. The van der Waals surface area contributed by atoms with E-state index < -0.39 is 0 Å². The number of hydrogen-bond donors (Lipinski definition) is 4. The smallest absolute Gasteiger partial charge is 0.319 e. The molecule has 0 heterocycles. The van der Waals surface area contributed by atoms with Crippen molar-refractivity contribution in [3.8, 4) is 34.5 Å². The lowest BCUT2D eigenvalue weighted by molar-refractivity contribution is 0.234. The highest BCUT2D eigenvalue weighted by Gasteiger charge is 2.20. The van der Waals surface area contributed by atoms with Gasteiger partial charge in [-0.15, -0.1) is 0 Å². The van der Waals surface area contributed by atoms with Crippen LogP contribution >= 0.6 is 0 Å². The van der Waals surface area contributed by atoms with E-state index in [0.29, 0.717) is 85.5 Å². The number of hydrogen-bond acceptors (Lipinski definition) is 8. The van der Waals surface area contributed by atoms with Crippen molar-refractivity contribution in [2.24, 2.45) is 0 Å². The number of rotatable bonds is 78. The van der Waals surface area contributed by atoms with Crippen molar-refractivity contribution in [3.05, 3.63) is 59.7 Å². The molecule has 0 saturated carbocycles. The van der Waals surface area contributed by atoms with Crippen LogP contribution in [0, 0.1) is 0 Å². The first-order valence-electron chi connectivity index (χ1n) is 45.7. The van der Waals surface area contributed by atoms with Gasteiger partial charge in [0, 0.05) is 37.4 Å². The molecule has 12 heteroatoms. The predicted octanol–water partition coefficient (Wildman–Crippen LogP) is 30.1. The van der Waals surface area contributed by atoms with Crippen molar-refractivity contribution in [3.63, 3.8) is 0 Å². The zero-order chi connectivity index (χ0) is 75.7. The molecule has 0 aromatic heterocycles. The number of carbonyl (C=O) groups excluding carboxylic acids is 2. The van der Waals surface area contributed by atoms with E-state index in [1.165, 1.54) is 308 Å². The molecule has 0 bridgehead atoms. The molecule has 0 radical (unpaired) electrons. The van der Waals surface area contributed by atoms with E-state index >= 15 is 0 Å². The number of urea groups is 2.